The molecule has 0 unspecified atom stereocenters. The highest BCUT2D eigenvalue weighted by atomic mass is 19.4. The highest BCUT2D eigenvalue weighted by molar-refractivity contribution is 5.30. The van der Waals surface area contributed by atoms with Crippen LogP contribution in [-0.4, -0.2) is 25.9 Å². The van der Waals surface area contributed by atoms with Gasteiger partial charge in [0.1, 0.15) is 0 Å². The van der Waals surface area contributed by atoms with Crippen LogP contribution in [-0.2, 0) is 13.5 Å². The number of halogens is 3. The fraction of sp³-hybridized carbons (Fsp3) is 0.462. The van der Waals surface area contributed by atoms with Crippen LogP contribution in [0.5, 0.6) is 0 Å². The van der Waals surface area contributed by atoms with E-state index >= 15 is 0 Å². The van der Waals surface area contributed by atoms with Crippen molar-refractivity contribution in [2.24, 2.45) is 7.05 Å². The van der Waals surface area contributed by atoms with Crippen molar-refractivity contribution in [3.63, 3.8) is 0 Å². The number of aromatic nitrogens is 4. The van der Waals surface area contributed by atoms with E-state index in [1.165, 1.54) is 12.3 Å². The highest BCUT2D eigenvalue weighted by Gasteiger charge is 2.26. The third-order valence-corrected chi connectivity index (χ3v) is 2.95. The normalized spacial score (nSPS) is 13.2. The van der Waals surface area contributed by atoms with E-state index in [0.717, 1.165) is 5.56 Å². The van der Waals surface area contributed by atoms with Gasteiger partial charge in [-0.15, -0.1) is 0 Å². The number of nitrogens with zero attached hydrogens (tertiary/aromatic N) is 4. The summed E-state index contributed by atoms with van der Waals surface area (Å²) in [5.74, 6) is 0.311. The Morgan fingerprint density at radius 3 is 2.76 bits per heavy atom. The molecule has 1 N–H and O–H groups in total. The van der Waals surface area contributed by atoms with Crippen LogP contribution in [0.3, 0.4) is 0 Å². The minimum absolute atomic E-state index is 0.0865. The molecule has 0 aromatic carbocycles. The maximum absolute atomic E-state index is 12.2. The largest absolute Gasteiger partial charge is 0.389 e. The zero-order valence-electron chi connectivity index (χ0n) is 11.7. The van der Waals surface area contributed by atoms with Gasteiger partial charge in [0.15, 0.2) is 0 Å². The number of anilines is 1. The van der Waals surface area contributed by atoms with E-state index in [-0.39, 0.29) is 12.5 Å². The van der Waals surface area contributed by atoms with E-state index < -0.39 is 12.6 Å². The van der Waals surface area contributed by atoms with E-state index in [9.17, 15) is 13.2 Å². The third-order valence-electron chi connectivity index (χ3n) is 2.95. The van der Waals surface area contributed by atoms with Crippen molar-refractivity contribution in [1.82, 2.24) is 19.7 Å². The molecule has 0 spiro atoms. The molecule has 2 rings (SSSR count). The zero-order valence-corrected chi connectivity index (χ0v) is 11.7. The van der Waals surface area contributed by atoms with Gasteiger partial charge >= 0.3 is 6.18 Å². The predicted octanol–water partition coefficient (Wildman–Crippen LogP) is 2.88. The maximum Gasteiger partial charge on any atom is 0.389 e. The lowest BCUT2D eigenvalue weighted by molar-refractivity contribution is -0.134. The van der Waals surface area contributed by atoms with Crippen molar-refractivity contribution in [2.45, 2.75) is 32.0 Å². The molecule has 0 amide bonds. The zero-order chi connectivity index (χ0) is 15.5. The van der Waals surface area contributed by atoms with Crippen LogP contribution in [0.2, 0.25) is 0 Å². The van der Waals surface area contributed by atoms with Gasteiger partial charge in [0.25, 0.3) is 0 Å². The Balaban J connectivity index is 2.00. The van der Waals surface area contributed by atoms with Crippen LogP contribution >= 0.6 is 0 Å². The second-order valence-electron chi connectivity index (χ2n) is 4.80. The summed E-state index contributed by atoms with van der Waals surface area (Å²) in [5.41, 5.74) is 1.31. The molecule has 2 heterocycles. The summed E-state index contributed by atoms with van der Waals surface area (Å²) < 4.78 is 38.3. The summed E-state index contributed by atoms with van der Waals surface area (Å²) in [6.45, 7) is 1.91. The number of alkyl halides is 3. The number of nitrogens with one attached hydrogen (secondary N) is 1. The Bertz CT molecular complexity index is 593. The molecule has 2 aromatic rings. The number of aryl methyl sites for hydroxylation is 2. The van der Waals surface area contributed by atoms with Crippen LogP contribution in [0.4, 0.5) is 19.1 Å². The Labute approximate surface area is 120 Å². The monoisotopic (exact) mass is 299 g/mol. The molecular weight excluding hydrogens is 283 g/mol. The van der Waals surface area contributed by atoms with Crippen molar-refractivity contribution >= 4 is 5.95 Å². The van der Waals surface area contributed by atoms with Gasteiger partial charge in [-0.1, -0.05) is 0 Å². The van der Waals surface area contributed by atoms with Crippen molar-refractivity contribution < 1.29 is 13.2 Å². The van der Waals surface area contributed by atoms with Crippen LogP contribution in [0.25, 0.3) is 0 Å². The molecule has 8 heteroatoms. The number of rotatable bonds is 5. The average molecular weight is 299 g/mol. The van der Waals surface area contributed by atoms with Gasteiger partial charge in [0.2, 0.25) is 5.95 Å². The van der Waals surface area contributed by atoms with Gasteiger partial charge in [0, 0.05) is 37.1 Å². The fourth-order valence-electron chi connectivity index (χ4n) is 1.82. The first-order valence-electron chi connectivity index (χ1n) is 6.47. The molecule has 114 valence electrons. The lowest BCUT2D eigenvalue weighted by Gasteiger charge is -2.12. The Morgan fingerprint density at radius 2 is 2.14 bits per heavy atom. The Hall–Kier alpha value is -2.12. The molecule has 0 aliphatic rings. The SMILES string of the molecule is C[C@@H](Nc1nccc(CCC(F)(F)F)n1)c1cnn(C)c1. The van der Waals surface area contributed by atoms with Gasteiger partial charge in [-0.2, -0.15) is 18.3 Å². The molecule has 0 saturated heterocycles. The van der Waals surface area contributed by atoms with Crippen LogP contribution < -0.4 is 5.32 Å². The first-order chi connectivity index (χ1) is 9.83. The number of hydrogen-bond donors (Lipinski definition) is 1. The van der Waals surface area contributed by atoms with E-state index in [2.05, 4.69) is 20.4 Å². The smallest absolute Gasteiger partial charge is 0.348 e. The molecule has 0 aliphatic heterocycles. The summed E-state index contributed by atoms with van der Waals surface area (Å²) >= 11 is 0. The first-order valence-corrected chi connectivity index (χ1v) is 6.47. The molecule has 5 nitrogen and oxygen atoms in total. The molecule has 1 atom stereocenters. The third kappa shape index (κ3) is 4.73. The van der Waals surface area contributed by atoms with Crippen molar-refractivity contribution in [1.29, 1.82) is 0 Å². The standard InChI is InChI=1S/C13H16F3N5/c1-9(10-7-18-21(2)8-10)19-12-17-6-4-11(20-12)3-5-13(14,15)16/h4,6-9H,3,5H2,1-2H3,(H,17,19,20)/t9-/m1/s1. The van der Waals surface area contributed by atoms with Crippen LogP contribution in [0.15, 0.2) is 24.7 Å². The van der Waals surface area contributed by atoms with Crippen molar-refractivity contribution in [3.05, 3.63) is 35.9 Å². The van der Waals surface area contributed by atoms with E-state index in [4.69, 9.17) is 0 Å². The first kappa shape index (κ1) is 15.3. The number of hydrogen-bond acceptors (Lipinski definition) is 4. The quantitative estimate of drug-likeness (QED) is 0.922. The summed E-state index contributed by atoms with van der Waals surface area (Å²) in [7, 11) is 1.81. The minimum Gasteiger partial charge on any atom is -0.348 e. The highest BCUT2D eigenvalue weighted by Crippen LogP contribution is 2.22. The van der Waals surface area contributed by atoms with E-state index in [0.29, 0.717) is 11.6 Å². The van der Waals surface area contributed by atoms with Crippen LogP contribution in [0.1, 0.15) is 30.6 Å². The Kier molecular flexibility index (Phi) is 4.44. The summed E-state index contributed by atoms with van der Waals surface area (Å²) in [6, 6.07) is 1.41. The molecule has 21 heavy (non-hydrogen) atoms. The summed E-state index contributed by atoms with van der Waals surface area (Å²) in [6.07, 6.45) is -0.196. The predicted molar refractivity (Wildman–Crippen MR) is 71.7 cm³/mol. The van der Waals surface area contributed by atoms with Crippen molar-refractivity contribution in [3.8, 4) is 0 Å². The van der Waals surface area contributed by atoms with Gasteiger partial charge in [-0.3, -0.25) is 4.68 Å². The van der Waals surface area contributed by atoms with Gasteiger partial charge in [-0.05, 0) is 19.4 Å². The van der Waals surface area contributed by atoms with E-state index in [1.807, 2.05) is 20.2 Å². The van der Waals surface area contributed by atoms with Gasteiger partial charge < -0.3 is 5.32 Å². The second-order valence-corrected chi connectivity index (χ2v) is 4.80. The lowest BCUT2D eigenvalue weighted by Crippen LogP contribution is -2.12. The van der Waals surface area contributed by atoms with Gasteiger partial charge in [0.05, 0.1) is 12.2 Å². The minimum atomic E-state index is -4.18. The fourth-order valence-corrected chi connectivity index (χ4v) is 1.82. The van der Waals surface area contributed by atoms with Crippen molar-refractivity contribution in [2.75, 3.05) is 5.32 Å². The molecule has 2 aromatic heterocycles. The Morgan fingerprint density at radius 1 is 1.38 bits per heavy atom. The molecule has 0 saturated carbocycles. The molecule has 0 bridgehead atoms. The lowest BCUT2D eigenvalue weighted by atomic mass is 10.2. The second kappa shape index (κ2) is 6.11. The average Bonchev–Trinajstić information content (AvgIpc) is 2.83. The topological polar surface area (TPSA) is 55.6 Å². The van der Waals surface area contributed by atoms with Crippen LogP contribution in [0, 0.1) is 0 Å². The summed E-state index contributed by atoms with van der Waals surface area (Å²) in [4.78, 5) is 8.12. The molecule has 0 aliphatic carbocycles. The molecule has 0 fully saturated rings. The van der Waals surface area contributed by atoms with Gasteiger partial charge in [-0.25, -0.2) is 9.97 Å². The maximum atomic E-state index is 12.2. The molecular formula is C13H16F3N5. The van der Waals surface area contributed by atoms with E-state index in [1.54, 1.807) is 10.9 Å². The summed E-state index contributed by atoms with van der Waals surface area (Å²) in [5, 5.41) is 7.12. The molecule has 0 radical (unpaired) electrons.